The molecular formula is C25H25N3O4. The lowest BCUT2D eigenvalue weighted by molar-refractivity contribution is -0.136. The zero-order chi connectivity index (χ0) is 23.3. The van der Waals surface area contributed by atoms with E-state index >= 15 is 0 Å². The number of amides is 1. The van der Waals surface area contributed by atoms with Crippen LogP contribution in [0.25, 0.3) is 0 Å². The van der Waals surface area contributed by atoms with Crippen LogP contribution in [0.15, 0.2) is 60.7 Å². The zero-order valence-corrected chi connectivity index (χ0v) is 17.7. The molecule has 0 saturated heterocycles. The Morgan fingerprint density at radius 1 is 0.875 bits per heavy atom. The van der Waals surface area contributed by atoms with Crippen molar-refractivity contribution in [3.05, 3.63) is 94.0 Å². The second-order valence-corrected chi connectivity index (χ2v) is 7.44. The smallest absolute Gasteiger partial charge is 0.303 e. The number of benzene rings is 3. The first kappa shape index (κ1) is 22.6. The summed E-state index contributed by atoms with van der Waals surface area (Å²) in [6.07, 6.45) is -0.145. The minimum atomic E-state index is -1.01. The van der Waals surface area contributed by atoms with Gasteiger partial charge in [0, 0.05) is 24.2 Å². The second-order valence-electron chi connectivity index (χ2n) is 7.44. The molecule has 7 heteroatoms. The van der Waals surface area contributed by atoms with Crippen molar-refractivity contribution < 1.29 is 19.5 Å². The van der Waals surface area contributed by atoms with Gasteiger partial charge >= 0.3 is 5.97 Å². The van der Waals surface area contributed by atoms with Crippen LogP contribution in [0, 0.1) is 6.92 Å². The van der Waals surface area contributed by atoms with Crippen LogP contribution in [-0.2, 0) is 17.8 Å². The number of carbonyl (C=O) groups excluding carboxylic acids is 2. The number of nitrogen functional groups attached to an aromatic ring is 2. The summed E-state index contributed by atoms with van der Waals surface area (Å²) in [7, 11) is 0. The van der Waals surface area contributed by atoms with Gasteiger partial charge in [0.15, 0.2) is 5.78 Å². The van der Waals surface area contributed by atoms with E-state index in [0.29, 0.717) is 16.7 Å². The number of carboxylic acids is 1. The summed E-state index contributed by atoms with van der Waals surface area (Å²) in [5, 5.41) is 12.0. The molecule has 6 N–H and O–H groups in total. The van der Waals surface area contributed by atoms with Crippen LogP contribution >= 0.6 is 0 Å². The third-order valence-electron chi connectivity index (χ3n) is 5.34. The van der Waals surface area contributed by atoms with Crippen molar-refractivity contribution in [1.29, 1.82) is 0 Å². The summed E-state index contributed by atoms with van der Waals surface area (Å²) >= 11 is 0. The summed E-state index contributed by atoms with van der Waals surface area (Å²) in [6.45, 7) is 1.92. The zero-order valence-electron chi connectivity index (χ0n) is 17.7. The summed E-state index contributed by atoms with van der Waals surface area (Å²) in [5.74, 6) is -1.90. The fourth-order valence-electron chi connectivity index (χ4n) is 3.62. The molecule has 0 radical (unpaired) electrons. The number of carboxylic acid groups (broad SMARTS) is 1. The molecule has 0 aromatic heterocycles. The lowest BCUT2D eigenvalue weighted by Crippen LogP contribution is -2.27. The van der Waals surface area contributed by atoms with Gasteiger partial charge in [0.1, 0.15) is 0 Å². The topological polar surface area (TPSA) is 136 Å². The molecule has 0 aliphatic heterocycles. The second kappa shape index (κ2) is 9.78. The Hall–Kier alpha value is -4.13. The first-order valence-corrected chi connectivity index (χ1v) is 10.1. The minimum Gasteiger partial charge on any atom is -0.481 e. The normalized spacial score (nSPS) is 10.5. The molecule has 1 amide bonds. The summed E-state index contributed by atoms with van der Waals surface area (Å²) in [4.78, 5) is 37.6. The SMILES string of the molecule is Cc1c(N)c(C(=O)c2ccccc2)c(N)c(C(=O)NCc2ccccc2)c1CCC(=O)O. The molecule has 164 valence electrons. The van der Waals surface area contributed by atoms with E-state index < -0.39 is 17.7 Å². The number of carbonyl (C=O) groups is 3. The quantitative estimate of drug-likeness (QED) is 0.319. The molecule has 32 heavy (non-hydrogen) atoms. The number of nitrogens with one attached hydrogen (secondary N) is 1. The average Bonchev–Trinajstić information content (AvgIpc) is 2.80. The Balaban J connectivity index is 2.08. The number of rotatable bonds is 8. The number of nitrogens with two attached hydrogens (primary N) is 2. The number of aliphatic carboxylic acids is 1. The molecule has 0 unspecified atom stereocenters. The lowest BCUT2D eigenvalue weighted by atomic mass is 9.87. The van der Waals surface area contributed by atoms with Gasteiger partial charge in [0.2, 0.25) is 0 Å². The van der Waals surface area contributed by atoms with Gasteiger partial charge in [-0.15, -0.1) is 0 Å². The van der Waals surface area contributed by atoms with Crippen LogP contribution in [0.2, 0.25) is 0 Å². The van der Waals surface area contributed by atoms with Gasteiger partial charge in [0.25, 0.3) is 5.91 Å². The molecule has 0 aliphatic carbocycles. The highest BCUT2D eigenvalue weighted by atomic mass is 16.4. The maximum absolute atomic E-state index is 13.2. The fourth-order valence-corrected chi connectivity index (χ4v) is 3.62. The van der Waals surface area contributed by atoms with Gasteiger partial charge in [-0.05, 0) is 30.0 Å². The Labute approximate surface area is 186 Å². The summed E-state index contributed by atoms with van der Waals surface area (Å²) in [6, 6.07) is 17.8. The van der Waals surface area contributed by atoms with Crippen molar-refractivity contribution >= 4 is 29.0 Å². The number of ketones is 1. The summed E-state index contributed by atoms with van der Waals surface area (Å²) < 4.78 is 0. The standard InChI is InChI=1S/C25H25N3O4/c1-15-18(12-13-19(29)30)20(25(32)28-14-16-8-4-2-5-9-16)23(27)21(22(15)26)24(31)17-10-6-3-7-11-17/h2-11H,12-14,26-27H2,1H3,(H,28,32)(H,29,30). The predicted molar refractivity (Wildman–Crippen MR) is 123 cm³/mol. The van der Waals surface area contributed by atoms with Crippen LogP contribution in [0.1, 0.15) is 49.4 Å². The van der Waals surface area contributed by atoms with Crippen LogP contribution in [0.5, 0.6) is 0 Å². The molecule has 0 atom stereocenters. The van der Waals surface area contributed by atoms with Gasteiger partial charge in [-0.3, -0.25) is 14.4 Å². The fraction of sp³-hybridized carbons (Fsp3) is 0.160. The maximum atomic E-state index is 13.2. The average molecular weight is 431 g/mol. The Morgan fingerprint density at radius 2 is 1.47 bits per heavy atom. The van der Waals surface area contributed by atoms with Gasteiger partial charge in [-0.25, -0.2) is 0 Å². The molecule has 0 bridgehead atoms. The first-order valence-electron chi connectivity index (χ1n) is 10.1. The van der Waals surface area contributed by atoms with Gasteiger partial charge < -0.3 is 21.9 Å². The highest BCUT2D eigenvalue weighted by molar-refractivity contribution is 6.19. The lowest BCUT2D eigenvalue weighted by Gasteiger charge is -2.21. The molecule has 0 fully saturated rings. The third kappa shape index (κ3) is 4.78. The van der Waals surface area contributed by atoms with Gasteiger partial charge in [0.05, 0.1) is 16.8 Å². The molecule has 3 aromatic rings. The van der Waals surface area contributed by atoms with E-state index in [9.17, 15) is 14.4 Å². The maximum Gasteiger partial charge on any atom is 0.303 e. The van der Waals surface area contributed by atoms with Crippen LogP contribution in [0.3, 0.4) is 0 Å². The first-order chi connectivity index (χ1) is 15.3. The Kier molecular flexibility index (Phi) is 6.90. The number of hydrogen-bond acceptors (Lipinski definition) is 5. The van der Waals surface area contributed by atoms with Crippen molar-refractivity contribution in [2.75, 3.05) is 11.5 Å². The van der Waals surface area contributed by atoms with E-state index in [0.717, 1.165) is 5.56 Å². The molecule has 0 aliphatic rings. The molecule has 3 aromatic carbocycles. The van der Waals surface area contributed by atoms with E-state index in [1.54, 1.807) is 37.3 Å². The highest BCUT2D eigenvalue weighted by Crippen LogP contribution is 2.34. The molecular weight excluding hydrogens is 406 g/mol. The molecule has 0 saturated carbocycles. The van der Waals surface area contributed by atoms with E-state index in [-0.39, 0.29) is 41.9 Å². The largest absolute Gasteiger partial charge is 0.481 e. The van der Waals surface area contributed by atoms with Crippen molar-refractivity contribution in [1.82, 2.24) is 5.32 Å². The number of hydrogen-bond donors (Lipinski definition) is 4. The Bertz CT molecular complexity index is 1160. The van der Waals surface area contributed by atoms with Crippen LogP contribution in [0.4, 0.5) is 11.4 Å². The molecule has 0 spiro atoms. The van der Waals surface area contributed by atoms with Crippen molar-refractivity contribution in [2.45, 2.75) is 26.3 Å². The Morgan fingerprint density at radius 3 is 2.06 bits per heavy atom. The molecule has 7 nitrogen and oxygen atoms in total. The van der Waals surface area contributed by atoms with Crippen molar-refractivity contribution in [2.24, 2.45) is 0 Å². The van der Waals surface area contributed by atoms with E-state index in [4.69, 9.17) is 16.6 Å². The van der Waals surface area contributed by atoms with Crippen molar-refractivity contribution in [3.8, 4) is 0 Å². The third-order valence-corrected chi connectivity index (χ3v) is 5.34. The monoisotopic (exact) mass is 431 g/mol. The minimum absolute atomic E-state index is 0.0482. The van der Waals surface area contributed by atoms with Crippen LogP contribution in [-0.4, -0.2) is 22.8 Å². The van der Waals surface area contributed by atoms with Crippen LogP contribution < -0.4 is 16.8 Å². The van der Waals surface area contributed by atoms with Gasteiger partial charge in [-0.2, -0.15) is 0 Å². The number of anilines is 2. The highest BCUT2D eigenvalue weighted by Gasteiger charge is 2.27. The predicted octanol–water partition coefficient (Wildman–Crippen LogP) is 3.34. The van der Waals surface area contributed by atoms with Crippen molar-refractivity contribution in [3.63, 3.8) is 0 Å². The van der Waals surface area contributed by atoms with Gasteiger partial charge in [-0.1, -0.05) is 60.7 Å². The van der Waals surface area contributed by atoms with E-state index in [1.807, 2.05) is 30.3 Å². The summed E-state index contributed by atoms with van der Waals surface area (Å²) in [5.41, 5.74) is 15.1. The molecule has 3 rings (SSSR count). The van der Waals surface area contributed by atoms with E-state index in [2.05, 4.69) is 5.32 Å². The molecule has 0 heterocycles. The van der Waals surface area contributed by atoms with E-state index in [1.165, 1.54) is 0 Å².